The number of nitrogens with two attached hydrogens (primary N) is 1. The third-order valence-electron chi connectivity index (χ3n) is 4.27. The molecular weight excluding hydrogens is 266 g/mol. The predicted octanol–water partition coefficient (Wildman–Crippen LogP) is 1.53. The van der Waals surface area contributed by atoms with Crippen molar-refractivity contribution in [2.24, 2.45) is 5.84 Å². The molecule has 0 saturated carbocycles. The van der Waals surface area contributed by atoms with Crippen LogP contribution in [-0.2, 0) is 0 Å². The summed E-state index contributed by atoms with van der Waals surface area (Å²) in [7, 11) is 0. The molecule has 2 fully saturated rings. The summed E-state index contributed by atoms with van der Waals surface area (Å²) in [6.45, 7) is 4.09. The molecule has 0 bridgehead atoms. The molecule has 0 spiro atoms. The molecule has 0 aliphatic carbocycles. The van der Waals surface area contributed by atoms with Gasteiger partial charge in [-0.25, -0.2) is 5.84 Å². The van der Waals surface area contributed by atoms with Gasteiger partial charge >= 0.3 is 0 Å². The Labute approximate surface area is 125 Å². The first-order valence-electron chi connectivity index (χ1n) is 8.09. The van der Waals surface area contributed by atoms with Crippen LogP contribution in [0.25, 0.3) is 0 Å². The highest BCUT2D eigenvalue weighted by atomic mass is 15.4. The maximum atomic E-state index is 5.54. The Balaban J connectivity index is 1.84. The smallest absolute Gasteiger partial charge is 0.243 e. The van der Waals surface area contributed by atoms with Gasteiger partial charge in [0.15, 0.2) is 0 Å². The number of hydrazine groups is 1. The number of hydrogen-bond acceptors (Lipinski definition) is 7. The quantitative estimate of drug-likeness (QED) is 0.645. The lowest BCUT2D eigenvalue weighted by Gasteiger charge is -2.28. The average Bonchev–Trinajstić information content (AvgIpc) is 2.84. The van der Waals surface area contributed by atoms with Crippen molar-refractivity contribution in [3.63, 3.8) is 0 Å². The van der Waals surface area contributed by atoms with Gasteiger partial charge < -0.3 is 9.80 Å². The van der Waals surface area contributed by atoms with Crippen molar-refractivity contribution in [1.82, 2.24) is 15.0 Å². The summed E-state index contributed by atoms with van der Waals surface area (Å²) in [5.41, 5.74) is 2.59. The lowest BCUT2D eigenvalue weighted by atomic mass is 10.1. The maximum Gasteiger partial charge on any atom is 0.243 e. The standard InChI is InChI=1S/C14H25N7/c15-19-12-16-13(20-8-4-1-2-5-9-20)18-14(17-12)21-10-6-3-7-11-21/h1-11,15H2,(H,16,17,18,19). The third kappa shape index (κ3) is 3.53. The summed E-state index contributed by atoms with van der Waals surface area (Å²) in [5, 5.41) is 0. The highest BCUT2D eigenvalue weighted by Gasteiger charge is 2.19. The molecule has 3 N–H and O–H groups in total. The van der Waals surface area contributed by atoms with Crippen LogP contribution in [0.2, 0.25) is 0 Å². The van der Waals surface area contributed by atoms with Crippen LogP contribution in [0.1, 0.15) is 44.9 Å². The molecule has 1 aromatic heterocycles. The van der Waals surface area contributed by atoms with E-state index in [0.29, 0.717) is 5.95 Å². The van der Waals surface area contributed by atoms with Crippen molar-refractivity contribution in [3.05, 3.63) is 0 Å². The molecule has 0 radical (unpaired) electrons. The molecule has 116 valence electrons. The molecule has 0 aromatic carbocycles. The molecule has 3 heterocycles. The minimum atomic E-state index is 0.463. The second kappa shape index (κ2) is 6.89. The van der Waals surface area contributed by atoms with Crippen LogP contribution in [-0.4, -0.2) is 41.1 Å². The topological polar surface area (TPSA) is 83.2 Å². The van der Waals surface area contributed by atoms with Crippen LogP contribution >= 0.6 is 0 Å². The second-order valence-electron chi connectivity index (χ2n) is 5.85. The van der Waals surface area contributed by atoms with Crippen molar-refractivity contribution >= 4 is 17.8 Å². The summed E-state index contributed by atoms with van der Waals surface area (Å²) in [6.07, 6.45) is 8.70. The van der Waals surface area contributed by atoms with Crippen molar-refractivity contribution in [2.75, 3.05) is 41.4 Å². The van der Waals surface area contributed by atoms with Crippen LogP contribution in [0.15, 0.2) is 0 Å². The van der Waals surface area contributed by atoms with E-state index in [2.05, 4.69) is 25.2 Å². The van der Waals surface area contributed by atoms with Gasteiger partial charge in [0.1, 0.15) is 0 Å². The Morgan fingerprint density at radius 1 is 0.667 bits per heavy atom. The van der Waals surface area contributed by atoms with Gasteiger partial charge in [-0.05, 0) is 32.1 Å². The maximum absolute atomic E-state index is 5.54. The van der Waals surface area contributed by atoms with Gasteiger partial charge in [-0.15, -0.1) is 0 Å². The van der Waals surface area contributed by atoms with E-state index in [0.717, 1.165) is 38.1 Å². The summed E-state index contributed by atoms with van der Waals surface area (Å²) >= 11 is 0. The second-order valence-corrected chi connectivity index (χ2v) is 5.85. The van der Waals surface area contributed by atoms with Gasteiger partial charge in [0, 0.05) is 26.2 Å². The number of rotatable bonds is 3. The molecule has 21 heavy (non-hydrogen) atoms. The van der Waals surface area contributed by atoms with Crippen LogP contribution < -0.4 is 21.1 Å². The molecule has 7 heteroatoms. The fourth-order valence-corrected chi connectivity index (χ4v) is 3.07. The first-order chi connectivity index (χ1) is 10.4. The van der Waals surface area contributed by atoms with E-state index in [9.17, 15) is 0 Å². The molecule has 2 aliphatic heterocycles. The molecule has 1 aromatic rings. The normalized spacial score (nSPS) is 20.2. The van der Waals surface area contributed by atoms with Crippen molar-refractivity contribution in [3.8, 4) is 0 Å². The zero-order valence-corrected chi connectivity index (χ0v) is 12.6. The van der Waals surface area contributed by atoms with Crippen LogP contribution in [0, 0.1) is 0 Å². The third-order valence-corrected chi connectivity index (χ3v) is 4.27. The van der Waals surface area contributed by atoms with Crippen LogP contribution in [0.4, 0.5) is 17.8 Å². The zero-order chi connectivity index (χ0) is 14.5. The first kappa shape index (κ1) is 14.3. The van der Waals surface area contributed by atoms with E-state index in [1.54, 1.807) is 0 Å². The summed E-state index contributed by atoms with van der Waals surface area (Å²) in [6, 6.07) is 0. The summed E-state index contributed by atoms with van der Waals surface area (Å²) in [5.74, 6) is 7.53. The minimum Gasteiger partial charge on any atom is -0.341 e. The minimum absolute atomic E-state index is 0.463. The van der Waals surface area contributed by atoms with Crippen molar-refractivity contribution in [2.45, 2.75) is 44.9 Å². The van der Waals surface area contributed by atoms with Gasteiger partial charge in [0.25, 0.3) is 0 Å². The fraction of sp³-hybridized carbons (Fsp3) is 0.786. The number of aromatic nitrogens is 3. The molecule has 0 unspecified atom stereocenters. The van der Waals surface area contributed by atoms with Crippen molar-refractivity contribution in [1.29, 1.82) is 0 Å². The number of piperidine rings is 1. The Bertz CT molecular complexity index is 451. The molecule has 7 nitrogen and oxygen atoms in total. The SMILES string of the molecule is NNc1nc(N2CCCCCC2)nc(N2CCCCC2)n1. The van der Waals surface area contributed by atoms with Gasteiger partial charge in [-0.3, -0.25) is 5.43 Å². The number of nitrogen functional groups attached to an aromatic ring is 1. The van der Waals surface area contributed by atoms with Crippen LogP contribution in [0.3, 0.4) is 0 Å². The molecule has 2 aliphatic rings. The number of hydrogen-bond donors (Lipinski definition) is 2. The van der Waals surface area contributed by atoms with Gasteiger partial charge in [0.05, 0.1) is 0 Å². The Morgan fingerprint density at radius 2 is 1.10 bits per heavy atom. The molecule has 2 saturated heterocycles. The summed E-state index contributed by atoms with van der Waals surface area (Å²) < 4.78 is 0. The molecule has 0 atom stereocenters. The number of nitrogens with zero attached hydrogens (tertiary/aromatic N) is 5. The number of nitrogens with one attached hydrogen (secondary N) is 1. The lowest BCUT2D eigenvalue weighted by Crippen LogP contribution is -2.33. The van der Waals surface area contributed by atoms with Gasteiger partial charge in [-0.1, -0.05) is 12.8 Å². The fourth-order valence-electron chi connectivity index (χ4n) is 3.07. The summed E-state index contributed by atoms with van der Waals surface area (Å²) in [4.78, 5) is 18.1. The van der Waals surface area contributed by atoms with E-state index in [-0.39, 0.29) is 0 Å². The van der Waals surface area contributed by atoms with E-state index in [4.69, 9.17) is 10.8 Å². The molecular formula is C14H25N7. The Morgan fingerprint density at radius 3 is 1.52 bits per heavy atom. The van der Waals surface area contributed by atoms with E-state index >= 15 is 0 Å². The van der Waals surface area contributed by atoms with Crippen LogP contribution in [0.5, 0.6) is 0 Å². The molecule has 0 amide bonds. The van der Waals surface area contributed by atoms with E-state index < -0.39 is 0 Å². The zero-order valence-electron chi connectivity index (χ0n) is 12.6. The predicted molar refractivity (Wildman–Crippen MR) is 84.4 cm³/mol. The van der Waals surface area contributed by atoms with E-state index in [1.807, 2.05) is 0 Å². The monoisotopic (exact) mass is 291 g/mol. The van der Waals surface area contributed by atoms with Crippen molar-refractivity contribution < 1.29 is 0 Å². The molecule has 3 rings (SSSR count). The highest BCUT2D eigenvalue weighted by molar-refractivity contribution is 5.45. The Kier molecular flexibility index (Phi) is 4.69. The van der Waals surface area contributed by atoms with Gasteiger partial charge in [0.2, 0.25) is 17.8 Å². The number of anilines is 3. The lowest BCUT2D eigenvalue weighted by molar-refractivity contribution is 0.567. The van der Waals surface area contributed by atoms with E-state index in [1.165, 1.54) is 44.9 Å². The Hall–Kier alpha value is -1.63. The first-order valence-corrected chi connectivity index (χ1v) is 8.09. The van der Waals surface area contributed by atoms with Gasteiger partial charge in [-0.2, -0.15) is 15.0 Å². The highest BCUT2D eigenvalue weighted by Crippen LogP contribution is 2.21. The largest absolute Gasteiger partial charge is 0.341 e. The average molecular weight is 291 g/mol.